The van der Waals surface area contributed by atoms with E-state index in [-0.39, 0.29) is 22.8 Å². The summed E-state index contributed by atoms with van der Waals surface area (Å²) in [6.07, 6.45) is 1.38. The van der Waals surface area contributed by atoms with Gasteiger partial charge in [0.15, 0.2) is 5.76 Å². The molecule has 0 saturated heterocycles. The highest BCUT2D eigenvalue weighted by Gasteiger charge is 2.40. The van der Waals surface area contributed by atoms with Crippen molar-refractivity contribution >= 4 is 40.7 Å². The van der Waals surface area contributed by atoms with Crippen molar-refractivity contribution in [1.29, 1.82) is 0 Å². The summed E-state index contributed by atoms with van der Waals surface area (Å²) in [7, 11) is 0. The number of hydrogen-bond acceptors (Lipinski definition) is 7. The van der Waals surface area contributed by atoms with Crippen LogP contribution in [0, 0.1) is 10.8 Å². The van der Waals surface area contributed by atoms with Crippen molar-refractivity contribution in [3.63, 3.8) is 0 Å². The van der Waals surface area contributed by atoms with Crippen LogP contribution >= 0.6 is 0 Å². The molecule has 0 atom stereocenters. The maximum absolute atomic E-state index is 13.3. The molecule has 0 radical (unpaired) electrons. The molecule has 34 heavy (non-hydrogen) atoms. The van der Waals surface area contributed by atoms with Crippen molar-refractivity contribution in [2.24, 2.45) is 10.8 Å². The molecular formula is C25H28N2O7. The minimum atomic E-state index is -0.883. The molecule has 3 rings (SSSR count). The second-order valence-corrected chi connectivity index (χ2v) is 9.96. The Morgan fingerprint density at radius 1 is 0.971 bits per heavy atom. The summed E-state index contributed by atoms with van der Waals surface area (Å²) in [4.78, 5) is 56.1. The summed E-state index contributed by atoms with van der Waals surface area (Å²) in [5.41, 5.74) is -0.632. The van der Waals surface area contributed by atoms with Gasteiger partial charge in [-0.15, -0.1) is 5.06 Å². The molecule has 0 unspecified atom stereocenters. The van der Waals surface area contributed by atoms with Crippen LogP contribution in [-0.2, 0) is 24.0 Å². The van der Waals surface area contributed by atoms with E-state index >= 15 is 0 Å². The third-order valence-electron chi connectivity index (χ3n) is 4.88. The number of allylic oxidation sites excluding steroid dienone is 1. The predicted molar refractivity (Wildman–Crippen MR) is 124 cm³/mol. The Labute approximate surface area is 197 Å². The molecule has 1 aliphatic rings. The fraction of sp³-hybridized carbons (Fsp3) is 0.360. The minimum Gasteiger partial charge on any atom is -0.459 e. The van der Waals surface area contributed by atoms with Gasteiger partial charge in [0.2, 0.25) is 0 Å². The topological polar surface area (TPSA) is 115 Å². The predicted octanol–water partition coefficient (Wildman–Crippen LogP) is 4.70. The third-order valence-corrected chi connectivity index (χ3v) is 4.88. The molecule has 0 bridgehead atoms. The molecule has 2 heterocycles. The number of ether oxygens (including phenoxy) is 1. The number of hydroxylamine groups is 1. The van der Waals surface area contributed by atoms with Crippen LogP contribution in [0.4, 0.5) is 11.4 Å². The Bertz CT molecular complexity index is 1180. The van der Waals surface area contributed by atoms with E-state index in [1.807, 2.05) is 0 Å². The first-order chi connectivity index (χ1) is 15.7. The minimum absolute atomic E-state index is 0.0767. The monoisotopic (exact) mass is 468 g/mol. The van der Waals surface area contributed by atoms with Gasteiger partial charge in [0.25, 0.3) is 11.8 Å². The lowest BCUT2D eigenvalue weighted by Crippen LogP contribution is -2.35. The number of carbonyl (C=O) groups excluding carboxylic acids is 4. The average Bonchev–Trinajstić information content (AvgIpc) is 3.34. The van der Waals surface area contributed by atoms with Crippen LogP contribution < -0.4 is 10.4 Å². The SMILES string of the molecule is C/C(OC(=O)C(C)(C)C)=C1/C(=O)N(OC(=O)C(C)(C)C)c2cc(NC(=O)c3ccco3)ccc21. The Kier molecular flexibility index (Phi) is 6.42. The molecular weight excluding hydrogens is 440 g/mol. The lowest BCUT2D eigenvalue weighted by molar-refractivity contribution is -0.157. The quantitative estimate of drug-likeness (QED) is 0.393. The third kappa shape index (κ3) is 5.03. The second-order valence-electron chi connectivity index (χ2n) is 9.96. The number of anilines is 2. The zero-order valence-electron chi connectivity index (χ0n) is 20.3. The van der Waals surface area contributed by atoms with Gasteiger partial charge in [-0.1, -0.05) is 0 Å². The number of benzene rings is 1. The van der Waals surface area contributed by atoms with Crippen LogP contribution in [-0.4, -0.2) is 23.8 Å². The zero-order chi connectivity index (χ0) is 25.4. The van der Waals surface area contributed by atoms with Crippen molar-refractivity contribution in [1.82, 2.24) is 0 Å². The maximum Gasteiger partial charge on any atom is 0.338 e. The van der Waals surface area contributed by atoms with Gasteiger partial charge in [-0.2, -0.15) is 0 Å². The number of hydrogen-bond donors (Lipinski definition) is 1. The Hall–Kier alpha value is -3.88. The molecule has 2 amide bonds. The number of rotatable bonds is 4. The van der Waals surface area contributed by atoms with Crippen LogP contribution in [0.25, 0.3) is 5.57 Å². The van der Waals surface area contributed by atoms with E-state index in [1.165, 1.54) is 25.3 Å². The van der Waals surface area contributed by atoms with E-state index in [2.05, 4.69) is 5.32 Å². The molecule has 0 aliphatic carbocycles. The lowest BCUT2D eigenvalue weighted by atomic mass is 9.97. The van der Waals surface area contributed by atoms with E-state index in [0.717, 1.165) is 5.06 Å². The fourth-order valence-electron chi connectivity index (χ4n) is 2.91. The first kappa shape index (κ1) is 24.8. The zero-order valence-corrected chi connectivity index (χ0v) is 20.3. The number of nitrogens with zero attached hydrogens (tertiary/aromatic N) is 1. The van der Waals surface area contributed by atoms with Crippen molar-refractivity contribution in [3.8, 4) is 0 Å². The molecule has 0 saturated carbocycles. The summed E-state index contributed by atoms with van der Waals surface area (Å²) in [5.74, 6) is -2.12. The first-order valence-corrected chi connectivity index (χ1v) is 10.7. The van der Waals surface area contributed by atoms with Crippen molar-refractivity contribution < 1.29 is 33.2 Å². The van der Waals surface area contributed by atoms with Crippen molar-refractivity contribution in [3.05, 3.63) is 53.7 Å². The normalized spacial score (nSPS) is 15.0. The van der Waals surface area contributed by atoms with Gasteiger partial charge in [0.05, 0.1) is 28.4 Å². The van der Waals surface area contributed by atoms with E-state index in [0.29, 0.717) is 11.3 Å². The highest BCUT2D eigenvalue weighted by Crippen LogP contribution is 2.41. The number of furan rings is 1. The summed E-state index contributed by atoms with van der Waals surface area (Å²) < 4.78 is 10.6. The largest absolute Gasteiger partial charge is 0.459 e. The van der Waals surface area contributed by atoms with Crippen molar-refractivity contribution in [2.45, 2.75) is 48.5 Å². The molecule has 0 fully saturated rings. The molecule has 9 heteroatoms. The molecule has 1 aromatic heterocycles. The van der Waals surface area contributed by atoms with Crippen LogP contribution in [0.3, 0.4) is 0 Å². The average molecular weight is 469 g/mol. The van der Waals surface area contributed by atoms with Gasteiger partial charge in [-0.3, -0.25) is 14.4 Å². The Balaban J connectivity index is 2.03. The molecule has 0 spiro atoms. The molecule has 1 aliphatic heterocycles. The number of amides is 2. The molecule has 1 aromatic carbocycles. The first-order valence-electron chi connectivity index (χ1n) is 10.7. The van der Waals surface area contributed by atoms with Crippen LogP contribution in [0.2, 0.25) is 0 Å². The Morgan fingerprint density at radius 3 is 2.18 bits per heavy atom. The molecule has 2 aromatic rings. The van der Waals surface area contributed by atoms with E-state index in [4.69, 9.17) is 14.0 Å². The van der Waals surface area contributed by atoms with Crippen molar-refractivity contribution in [2.75, 3.05) is 10.4 Å². The highest BCUT2D eigenvalue weighted by atomic mass is 16.7. The second kappa shape index (κ2) is 8.81. The molecule has 1 N–H and O–H groups in total. The van der Waals surface area contributed by atoms with Crippen LogP contribution in [0.1, 0.15) is 64.6 Å². The van der Waals surface area contributed by atoms with Gasteiger partial charge >= 0.3 is 11.9 Å². The Morgan fingerprint density at radius 2 is 1.62 bits per heavy atom. The van der Waals surface area contributed by atoms with Crippen LogP contribution in [0.15, 0.2) is 46.8 Å². The molecule has 180 valence electrons. The molecule has 9 nitrogen and oxygen atoms in total. The summed E-state index contributed by atoms with van der Waals surface area (Å²) in [5, 5.41) is 3.53. The van der Waals surface area contributed by atoms with Gasteiger partial charge < -0.3 is 19.3 Å². The van der Waals surface area contributed by atoms with E-state index in [1.54, 1.807) is 59.7 Å². The standard InChI is InChI=1S/C25H28N2O7/c1-14(33-22(30)24(2,3)4)19-16-11-10-15(26-20(28)18-9-8-12-32-18)13-17(16)27(21(19)29)34-23(31)25(5,6)7/h8-13H,1-7H3,(H,26,28)/b19-14-. The summed E-state index contributed by atoms with van der Waals surface area (Å²) >= 11 is 0. The lowest BCUT2D eigenvalue weighted by Gasteiger charge is -2.22. The van der Waals surface area contributed by atoms with Gasteiger partial charge in [0.1, 0.15) is 5.76 Å². The number of fused-ring (bicyclic) bond motifs is 1. The number of nitrogens with one attached hydrogen (secondary N) is 1. The van der Waals surface area contributed by atoms with Gasteiger partial charge in [-0.05, 0) is 78.8 Å². The van der Waals surface area contributed by atoms with Gasteiger partial charge in [-0.25, -0.2) is 4.79 Å². The fourth-order valence-corrected chi connectivity index (χ4v) is 2.91. The highest BCUT2D eigenvalue weighted by molar-refractivity contribution is 6.32. The smallest absolute Gasteiger partial charge is 0.338 e. The van der Waals surface area contributed by atoms with Gasteiger partial charge in [0, 0.05) is 11.3 Å². The summed E-state index contributed by atoms with van der Waals surface area (Å²) in [6.45, 7) is 11.6. The number of carbonyl (C=O) groups is 4. The number of esters is 1. The maximum atomic E-state index is 13.3. The summed E-state index contributed by atoms with van der Waals surface area (Å²) in [6, 6.07) is 7.76. The van der Waals surface area contributed by atoms with E-state index in [9.17, 15) is 19.2 Å². The van der Waals surface area contributed by atoms with E-state index < -0.39 is 34.6 Å². The van der Waals surface area contributed by atoms with Crippen LogP contribution in [0.5, 0.6) is 0 Å².